The van der Waals surface area contributed by atoms with Gasteiger partial charge in [-0.1, -0.05) is 6.07 Å². The third-order valence-corrected chi connectivity index (χ3v) is 2.52. The molecule has 1 rings (SSSR count). The van der Waals surface area contributed by atoms with E-state index in [-0.39, 0.29) is 18.1 Å². The average molecular weight is 287 g/mol. The topological polar surface area (TPSA) is 75.4 Å². The first-order valence-electron chi connectivity index (χ1n) is 4.86. The molecule has 1 amide bonds. The van der Waals surface area contributed by atoms with Crippen LogP contribution in [0.3, 0.4) is 0 Å². The Morgan fingerprint density at radius 2 is 2.19 bits per heavy atom. The van der Waals surface area contributed by atoms with Crippen molar-refractivity contribution < 1.29 is 9.90 Å². The van der Waals surface area contributed by atoms with Gasteiger partial charge in [-0.3, -0.25) is 4.79 Å². The van der Waals surface area contributed by atoms with Gasteiger partial charge < -0.3 is 16.2 Å². The minimum absolute atomic E-state index is 0.0191. The molecule has 0 radical (unpaired) electrons. The van der Waals surface area contributed by atoms with Gasteiger partial charge in [-0.25, -0.2) is 0 Å². The lowest BCUT2D eigenvalue weighted by Crippen LogP contribution is -2.36. The zero-order valence-corrected chi connectivity index (χ0v) is 10.8. The summed E-state index contributed by atoms with van der Waals surface area (Å²) in [5.74, 6) is -0.202. The molecule has 88 valence electrons. The molecule has 0 bridgehead atoms. The van der Waals surface area contributed by atoms with E-state index >= 15 is 0 Å². The monoisotopic (exact) mass is 286 g/mol. The summed E-state index contributed by atoms with van der Waals surface area (Å²) in [6.07, 6.45) is 0.193. The average Bonchev–Trinajstić information content (AvgIpc) is 2.09. The third kappa shape index (κ3) is 3.83. The van der Waals surface area contributed by atoms with E-state index < -0.39 is 5.54 Å². The molecule has 0 aliphatic heterocycles. The molecule has 16 heavy (non-hydrogen) atoms. The fourth-order valence-corrected chi connectivity index (χ4v) is 1.59. The van der Waals surface area contributed by atoms with E-state index in [1.807, 2.05) is 0 Å². The molecule has 0 atom stereocenters. The molecular formula is C11H15BrN2O2. The van der Waals surface area contributed by atoms with Crippen LogP contribution in [0.5, 0.6) is 5.75 Å². The third-order valence-electron chi connectivity index (χ3n) is 1.88. The molecule has 0 saturated heterocycles. The summed E-state index contributed by atoms with van der Waals surface area (Å²) >= 11 is 3.17. The number of para-hydroxylation sites is 1. The summed E-state index contributed by atoms with van der Waals surface area (Å²) in [4.78, 5) is 11.6. The van der Waals surface area contributed by atoms with Crippen molar-refractivity contribution in [2.75, 3.05) is 5.32 Å². The van der Waals surface area contributed by atoms with E-state index in [4.69, 9.17) is 5.73 Å². The molecule has 5 heteroatoms. The predicted octanol–water partition coefficient (Wildman–Crippen LogP) is 2.22. The summed E-state index contributed by atoms with van der Waals surface area (Å²) in [5.41, 5.74) is 5.54. The van der Waals surface area contributed by atoms with Crippen molar-refractivity contribution in [2.45, 2.75) is 25.8 Å². The SMILES string of the molecule is CC(C)(N)CC(=O)Nc1cccc(Br)c1O. The van der Waals surface area contributed by atoms with Crippen molar-refractivity contribution in [3.05, 3.63) is 22.7 Å². The summed E-state index contributed by atoms with van der Waals surface area (Å²) in [7, 11) is 0. The highest BCUT2D eigenvalue weighted by Gasteiger charge is 2.17. The van der Waals surface area contributed by atoms with Gasteiger partial charge in [0.05, 0.1) is 10.2 Å². The first-order valence-corrected chi connectivity index (χ1v) is 5.65. The second-order valence-corrected chi connectivity index (χ2v) is 5.20. The van der Waals surface area contributed by atoms with Gasteiger partial charge in [0.1, 0.15) is 0 Å². The molecule has 0 fully saturated rings. The number of hydrogen-bond donors (Lipinski definition) is 3. The van der Waals surface area contributed by atoms with Gasteiger partial charge in [0.25, 0.3) is 0 Å². The molecule has 1 aromatic rings. The van der Waals surface area contributed by atoms with E-state index in [0.29, 0.717) is 10.2 Å². The molecule has 0 aliphatic rings. The first-order chi connectivity index (χ1) is 7.29. The van der Waals surface area contributed by atoms with E-state index in [2.05, 4.69) is 21.2 Å². The van der Waals surface area contributed by atoms with Crippen molar-refractivity contribution in [1.82, 2.24) is 0 Å². The number of hydrogen-bond acceptors (Lipinski definition) is 3. The Kier molecular flexibility index (Phi) is 3.93. The minimum Gasteiger partial charge on any atom is -0.505 e. The number of halogens is 1. The number of phenols is 1. The normalized spacial score (nSPS) is 11.2. The molecule has 0 heterocycles. The zero-order valence-electron chi connectivity index (χ0n) is 9.25. The first kappa shape index (κ1) is 13.0. The molecule has 0 unspecified atom stereocenters. The van der Waals surface area contributed by atoms with Crippen LogP contribution in [0.15, 0.2) is 22.7 Å². The Labute approximate surface area is 103 Å². The van der Waals surface area contributed by atoms with Crippen LogP contribution in [0, 0.1) is 0 Å². The lowest BCUT2D eigenvalue weighted by Gasteiger charge is -2.17. The predicted molar refractivity (Wildman–Crippen MR) is 67.3 cm³/mol. The molecule has 4 nitrogen and oxygen atoms in total. The highest BCUT2D eigenvalue weighted by molar-refractivity contribution is 9.10. The number of phenolic OH excluding ortho intramolecular Hbond substituents is 1. The fraction of sp³-hybridized carbons (Fsp3) is 0.364. The van der Waals surface area contributed by atoms with Crippen LogP contribution in [0.25, 0.3) is 0 Å². The zero-order chi connectivity index (χ0) is 12.3. The summed E-state index contributed by atoms with van der Waals surface area (Å²) in [5, 5.41) is 12.3. The number of carbonyl (C=O) groups is 1. The molecular weight excluding hydrogens is 272 g/mol. The van der Waals surface area contributed by atoms with Crippen LogP contribution in [0.4, 0.5) is 5.69 Å². The maximum Gasteiger partial charge on any atom is 0.226 e. The number of carbonyl (C=O) groups excluding carboxylic acids is 1. The van der Waals surface area contributed by atoms with Crippen LogP contribution >= 0.6 is 15.9 Å². The van der Waals surface area contributed by atoms with Crippen molar-refractivity contribution in [3.8, 4) is 5.75 Å². The van der Waals surface area contributed by atoms with Gasteiger partial charge >= 0.3 is 0 Å². The number of nitrogens with one attached hydrogen (secondary N) is 1. The maximum atomic E-state index is 11.6. The number of benzene rings is 1. The molecule has 0 spiro atoms. The molecule has 0 aliphatic carbocycles. The van der Waals surface area contributed by atoms with Crippen LogP contribution < -0.4 is 11.1 Å². The number of amides is 1. The smallest absolute Gasteiger partial charge is 0.226 e. The largest absolute Gasteiger partial charge is 0.505 e. The Hall–Kier alpha value is -1.07. The summed E-state index contributed by atoms with van der Waals surface area (Å²) in [6, 6.07) is 5.05. The number of anilines is 1. The molecule has 0 saturated carbocycles. The van der Waals surface area contributed by atoms with E-state index in [1.54, 1.807) is 32.0 Å². The fourth-order valence-electron chi connectivity index (χ4n) is 1.22. The molecule has 0 aromatic heterocycles. The standard InChI is InChI=1S/C11H15BrN2O2/c1-11(2,13)6-9(15)14-8-5-3-4-7(12)10(8)16/h3-5,16H,6,13H2,1-2H3,(H,14,15). The Morgan fingerprint density at radius 3 is 2.75 bits per heavy atom. The van der Waals surface area contributed by atoms with Gasteiger partial charge in [0, 0.05) is 12.0 Å². The van der Waals surface area contributed by atoms with Gasteiger partial charge in [-0.15, -0.1) is 0 Å². The minimum atomic E-state index is -0.564. The second kappa shape index (κ2) is 4.84. The van der Waals surface area contributed by atoms with Crippen LogP contribution in [0.2, 0.25) is 0 Å². The number of nitrogens with two attached hydrogens (primary N) is 1. The maximum absolute atomic E-state index is 11.6. The van der Waals surface area contributed by atoms with Gasteiger partial charge in [-0.05, 0) is 41.9 Å². The summed E-state index contributed by atoms with van der Waals surface area (Å²) in [6.45, 7) is 3.54. The van der Waals surface area contributed by atoms with Crippen LogP contribution in [0.1, 0.15) is 20.3 Å². The van der Waals surface area contributed by atoms with Crippen molar-refractivity contribution in [1.29, 1.82) is 0 Å². The van der Waals surface area contributed by atoms with Crippen LogP contribution in [-0.4, -0.2) is 16.6 Å². The number of rotatable bonds is 3. The molecule has 1 aromatic carbocycles. The van der Waals surface area contributed by atoms with E-state index in [0.717, 1.165) is 0 Å². The Bertz CT molecular complexity index is 399. The highest BCUT2D eigenvalue weighted by atomic mass is 79.9. The summed E-state index contributed by atoms with van der Waals surface area (Å²) < 4.78 is 0.539. The van der Waals surface area contributed by atoms with Crippen molar-refractivity contribution >= 4 is 27.5 Å². The van der Waals surface area contributed by atoms with Crippen LogP contribution in [-0.2, 0) is 4.79 Å². The molecule has 4 N–H and O–H groups in total. The lowest BCUT2D eigenvalue weighted by atomic mass is 10.0. The van der Waals surface area contributed by atoms with Gasteiger partial charge in [0.15, 0.2) is 5.75 Å². The van der Waals surface area contributed by atoms with Crippen molar-refractivity contribution in [3.63, 3.8) is 0 Å². The van der Waals surface area contributed by atoms with Gasteiger partial charge in [0.2, 0.25) is 5.91 Å². The van der Waals surface area contributed by atoms with Crippen molar-refractivity contribution in [2.24, 2.45) is 5.73 Å². The Morgan fingerprint density at radius 1 is 1.56 bits per heavy atom. The second-order valence-electron chi connectivity index (χ2n) is 4.35. The van der Waals surface area contributed by atoms with E-state index in [1.165, 1.54) is 0 Å². The lowest BCUT2D eigenvalue weighted by molar-refractivity contribution is -0.117. The van der Waals surface area contributed by atoms with E-state index in [9.17, 15) is 9.90 Å². The Balaban J connectivity index is 2.74. The quantitative estimate of drug-likeness (QED) is 0.746. The number of aromatic hydroxyl groups is 1. The highest BCUT2D eigenvalue weighted by Crippen LogP contribution is 2.31. The van der Waals surface area contributed by atoms with Gasteiger partial charge in [-0.2, -0.15) is 0 Å².